The molecule has 0 N–H and O–H groups in total. The Labute approximate surface area is 224 Å². The van der Waals surface area contributed by atoms with Gasteiger partial charge in [0.1, 0.15) is 33.4 Å². The Morgan fingerprint density at radius 1 is 1.19 bits per heavy atom. The Morgan fingerprint density at radius 2 is 1.92 bits per heavy atom. The minimum Gasteiger partial charge on any atom is -0.485 e. The fourth-order valence-electron chi connectivity index (χ4n) is 4.14. The third-order valence-corrected chi connectivity index (χ3v) is 7.38. The molecular weight excluding hydrogens is 512 g/mol. The van der Waals surface area contributed by atoms with E-state index in [4.69, 9.17) is 21.1 Å². The molecule has 5 rings (SSSR count). The number of hydrogen-bond donors (Lipinski definition) is 0. The Hall–Kier alpha value is -3.61. The third kappa shape index (κ3) is 5.26. The monoisotopic (exact) mass is 536 g/mol. The van der Waals surface area contributed by atoms with Gasteiger partial charge in [-0.2, -0.15) is 5.26 Å². The number of halogens is 1. The van der Waals surface area contributed by atoms with Crippen LogP contribution >= 0.6 is 22.9 Å². The van der Waals surface area contributed by atoms with Crippen LogP contribution in [-0.4, -0.2) is 53.2 Å². The summed E-state index contributed by atoms with van der Waals surface area (Å²) in [6.45, 7) is 6.70. The number of likely N-dealkylation sites (tertiary alicyclic amines) is 1. The van der Waals surface area contributed by atoms with E-state index in [0.29, 0.717) is 53.0 Å². The maximum Gasteiger partial charge on any atom is 0.410 e. The lowest BCUT2D eigenvalue weighted by Crippen LogP contribution is -2.57. The van der Waals surface area contributed by atoms with Crippen LogP contribution in [0.1, 0.15) is 41.7 Å². The zero-order valence-electron chi connectivity index (χ0n) is 20.7. The van der Waals surface area contributed by atoms with Crippen molar-refractivity contribution in [2.75, 3.05) is 24.5 Å². The summed E-state index contributed by atoms with van der Waals surface area (Å²) < 4.78 is 11.3. The molecule has 1 fully saturated rings. The summed E-state index contributed by atoms with van der Waals surface area (Å²) in [6, 6.07) is 14.7. The highest BCUT2D eigenvalue weighted by Gasteiger charge is 2.36. The molecule has 2 aliphatic heterocycles. The normalized spacial score (nSPS) is 15.6. The van der Waals surface area contributed by atoms with Gasteiger partial charge in [-0.3, -0.25) is 4.79 Å². The number of nitrogens with zero attached hydrogens (tertiary/aromatic N) is 4. The maximum atomic E-state index is 13.3. The average Bonchev–Trinajstić information content (AvgIpc) is 3.26. The van der Waals surface area contributed by atoms with Crippen LogP contribution in [0, 0.1) is 11.3 Å². The number of benzene rings is 2. The first kappa shape index (κ1) is 25.1. The van der Waals surface area contributed by atoms with Gasteiger partial charge in [0.2, 0.25) is 0 Å². The second kappa shape index (κ2) is 9.69. The molecule has 0 atom stereocenters. The van der Waals surface area contributed by atoms with E-state index in [-0.39, 0.29) is 18.1 Å². The number of nitriles is 1. The minimum atomic E-state index is -0.559. The molecule has 0 unspecified atom stereocenters. The summed E-state index contributed by atoms with van der Waals surface area (Å²) in [5.74, 6) is 0.288. The standard InChI is InChI=1S/C27H25ClN4O4S/c1-27(2,3)36-26(34)31-14-20(15-31)35-22-9-8-19(12-17(22)13-29)32-11-10-21-23(25(32)33)37-24(30-21)16-4-6-18(28)7-5-16/h4-9,12,20H,10-11,14-15H2,1-3H3. The summed E-state index contributed by atoms with van der Waals surface area (Å²) in [6.07, 6.45) is 0.00929. The van der Waals surface area contributed by atoms with Gasteiger partial charge in [0.05, 0.1) is 24.3 Å². The zero-order valence-corrected chi connectivity index (χ0v) is 22.2. The molecule has 3 aromatic rings. The largest absolute Gasteiger partial charge is 0.485 e. The molecule has 8 nitrogen and oxygen atoms in total. The smallest absolute Gasteiger partial charge is 0.410 e. The van der Waals surface area contributed by atoms with Crippen LogP contribution in [0.15, 0.2) is 42.5 Å². The van der Waals surface area contributed by atoms with Gasteiger partial charge in [-0.15, -0.1) is 11.3 Å². The fourth-order valence-corrected chi connectivity index (χ4v) is 5.33. The van der Waals surface area contributed by atoms with E-state index < -0.39 is 5.60 Å². The number of thiazole rings is 1. The molecule has 0 radical (unpaired) electrons. The second-order valence-electron chi connectivity index (χ2n) is 9.93. The quantitative estimate of drug-likeness (QED) is 0.434. The van der Waals surface area contributed by atoms with E-state index in [2.05, 4.69) is 11.1 Å². The van der Waals surface area contributed by atoms with Crippen molar-refractivity contribution in [2.45, 2.75) is 38.9 Å². The van der Waals surface area contributed by atoms with Crippen molar-refractivity contribution in [1.29, 1.82) is 5.26 Å². The highest BCUT2D eigenvalue weighted by molar-refractivity contribution is 7.17. The Balaban J connectivity index is 1.27. The summed E-state index contributed by atoms with van der Waals surface area (Å²) >= 11 is 7.36. The van der Waals surface area contributed by atoms with E-state index in [9.17, 15) is 14.9 Å². The van der Waals surface area contributed by atoms with Crippen LogP contribution in [0.3, 0.4) is 0 Å². The summed E-state index contributed by atoms with van der Waals surface area (Å²) in [5.41, 5.74) is 2.10. The van der Waals surface area contributed by atoms with Crippen molar-refractivity contribution < 1.29 is 19.1 Å². The Kier molecular flexibility index (Phi) is 6.56. The lowest BCUT2D eigenvalue weighted by atomic mass is 10.1. The van der Waals surface area contributed by atoms with Gasteiger partial charge in [-0.25, -0.2) is 9.78 Å². The summed E-state index contributed by atoms with van der Waals surface area (Å²) in [4.78, 5) is 34.0. The van der Waals surface area contributed by atoms with Crippen molar-refractivity contribution in [3.05, 3.63) is 63.6 Å². The molecule has 10 heteroatoms. The number of anilines is 1. The van der Waals surface area contributed by atoms with Crippen LogP contribution in [0.25, 0.3) is 10.6 Å². The SMILES string of the molecule is CC(C)(C)OC(=O)N1CC(Oc2ccc(N3CCc4nc(-c5ccc(Cl)cc5)sc4C3=O)cc2C#N)C1. The lowest BCUT2D eigenvalue weighted by Gasteiger charge is -2.39. The molecule has 37 heavy (non-hydrogen) atoms. The number of amides is 2. The van der Waals surface area contributed by atoms with Crippen LogP contribution in [-0.2, 0) is 11.2 Å². The number of hydrogen-bond acceptors (Lipinski definition) is 7. The van der Waals surface area contributed by atoms with Crippen molar-refractivity contribution in [2.24, 2.45) is 0 Å². The van der Waals surface area contributed by atoms with E-state index in [0.717, 1.165) is 16.3 Å². The molecule has 1 aromatic heterocycles. The maximum absolute atomic E-state index is 13.3. The molecule has 190 valence electrons. The van der Waals surface area contributed by atoms with Gasteiger partial charge in [-0.05, 0) is 51.1 Å². The highest BCUT2D eigenvalue weighted by Crippen LogP contribution is 2.35. The molecule has 0 bridgehead atoms. The van der Waals surface area contributed by atoms with E-state index in [1.54, 1.807) is 40.1 Å². The number of aromatic nitrogens is 1. The van der Waals surface area contributed by atoms with E-state index in [1.807, 2.05) is 32.9 Å². The molecule has 3 heterocycles. The predicted molar refractivity (Wildman–Crippen MR) is 141 cm³/mol. The fraction of sp³-hybridized carbons (Fsp3) is 0.333. The first-order valence-corrected chi connectivity index (χ1v) is 13.1. The lowest BCUT2D eigenvalue weighted by molar-refractivity contribution is -0.0222. The summed E-state index contributed by atoms with van der Waals surface area (Å²) in [5, 5.41) is 11.2. The van der Waals surface area contributed by atoms with Gasteiger partial charge in [0.25, 0.3) is 5.91 Å². The summed E-state index contributed by atoms with van der Waals surface area (Å²) in [7, 11) is 0. The van der Waals surface area contributed by atoms with E-state index in [1.165, 1.54) is 11.3 Å². The number of ether oxygens (including phenoxy) is 2. The van der Waals surface area contributed by atoms with Gasteiger partial charge < -0.3 is 19.3 Å². The minimum absolute atomic E-state index is 0.136. The molecule has 0 aliphatic carbocycles. The molecule has 2 aromatic carbocycles. The van der Waals surface area contributed by atoms with Gasteiger partial charge in [0.15, 0.2) is 0 Å². The molecular formula is C27H25ClN4O4S. The van der Waals surface area contributed by atoms with Crippen LogP contribution in [0.2, 0.25) is 5.02 Å². The van der Waals surface area contributed by atoms with Crippen LogP contribution in [0.4, 0.5) is 10.5 Å². The van der Waals surface area contributed by atoms with Crippen molar-refractivity contribution in [3.63, 3.8) is 0 Å². The van der Waals surface area contributed by atoms with Crippen molar-refractivity contribution in [1.82, 2.24) is 9.88 Å². The molecule has 2 amide bonds. The van der Waals surface area contributed by atoms with E-state index >= 15 is 0 Å². The first-order chi connectivity index (χ1) is 17.6. The topological polar surface area (TPSA) is 95.8 Å². The Morgan fingerprint density at radius 3 is 2.59 bits per heavy atom. The number of fused-ring (bicyclic) bond motifs is 1. The van der Waals surface area contributed by atoms with Crippen LogP contribution in [0.5, 0.6) is 5.75 Å². The third-order valence-electron chi connectivity index (χ3n) is 5.99. The zero-order chi connectivity index (χ0) is 26.3. The number of carbonyl (C=O) groups excluding carboxylic acids is 2. The van der Waals surface area contributed by atoms with Gasteiger partial charge >= 0.3 is 6.09 Å². The molecule has 0 spiro atoms. The van der Waals surface area contributed by atoms with Gasteiger partial charge in [0, 0.05) is 29.2 Å². The highest BCUT2D eigenvalue weighted by atomic mass is 35.5. The average molecular weight is 537 g/mol. The molecule has 0 saturated carbocycles. The van der Waals surface area contributed by atoms with Crippen molar-refractivity contribution >= 4 is 40.6 Å². The number of carbonyl (C=O) groups is 2. The predicted octanol–water partition coefficient (Wildman–Crippen LogP) is 5.54. The molecule has 1 saturated heterocycles. The second-order valence-corrected chi connectivity index (χ2v) is 11.4. The first-order valence-electron chi connectivity index (χ1n) is 11.9. The number of rotatable bonds is 4. The van der Waals surface area contributed by atoms with Crippen molar-refractivity contribution in [3.8, 4) is 22.4 Å². The Bertz CT molecular complexity index is 1400. The van der Waals surface area contributed by atoms with Gasteiger partial charge in [-0.1, -0.05) is 23.7 Å². The molecule has 2 aliphatic rings. The van der Waals surface area contributed by atoms with Crippen LogP contribution < -0.4 is 9.64 Å².